The number of phosphoric ester groups is 2. The molecule has 0 aromatic carbocycles. The van der Waals surface area contributed by atoms with Gasteiger partial charge in [0.05, 0.1) is 26.4 Å². The average molecular weight is 1300 g/mol. The SMILES string of the molecule is CCC(C)CCCCCCCCCCC(=O)O[C@H](COC(=O)CCCCCCCCC(C)C)COP(=O)(O)OC[C@H](O)COP(=O)(O)OC[C@@H](COC(=O)CCCCCCCCCCCCCCCC(C)C)OC(=O)CCCCCCCCCCC(C)C. The summed E-state index contributed by atoms with van der Waals surface area (Å²) in [7, 11) is -9.90. The van der Waals surface area contributed by atoms with Crippen LogP contribution in [0.3, 0.4) is 0 Å². The van der Waals surface area contributed by atoms with Crippen molar-refractivity contribution in [3.8, 4) is 0 Å². The molecule has 3 unspecified atom stereocenters. The fourth-order valence-electron chi connectivity index (χ4n) is 10.3. The number of aliphatic hydroxyl groups is 1. The Morgan fingerprint density at radius 3 is 0.807 bits per heavy atom. The van der Waals surface area contributed by atoms with Crippen LogP contribution in [0.15, 0.2) is 0 Å². The van der Waals surface area contributed by atoms with E-state index in [1.807, 2.05) is 0 Å². The maximum absolute atomic E-state index is 13.0. The lowest BCUT2D eigenvalue weighted by Crippen LogP contribution is -2.30. The van der Waals surface area contributed by atoms with Crippen LogP contribution < -0.4 is 0 Å². The molecule has 19 heteroatoms. The van der Waals surface area contributed by atoms with Gasteiger partial charge in [0.1, 0.15) is 19.3 Å². The summed E-state index contributed by atoms with van der Waals surface area (Å²) in [4.78, 5) is 72.4. The molecule has 0 aliphatic heterocycles. The highest BCUT2D eigenvalue weighted by Crippen LogP contribution is 2.45. The van der Waals surface area contributed by atoms with Gasteiger partial charge in [0.25, 0.3) is 0 Å². The number of hydrogen-bond donors (Lipinski definition) is 3. The molecule has 0 aliphatic carbocycles. The number of carbonyl (C=O) groups excluding carboxylic acids is 4. The molecule has 0 aromatic heterocycles. The van der Waals surface area contributed by atoms with Gasteiger partial charge in [-0.15, -0.1) is 0 Å². The first-order valence-corrected chi connectivity index (χ1v) is 38.7. The van der Waals surface area contributed by atoms with E-state index >= 15 is 0 Å². The van der Waals surface area contributed by atoms with Crippen molar-refractivity contribution in [1.29, 1.82) is 0 Å². The van der Waals surface area contributed by atoms with E-state index in [2.05, 4.69) is 55.4 Å². The van der Waals surface area contributed by atoms with E-state index in [9.17, 15) is 43.2 Å². The predicted octanol–water partition coefficient (Wildman–Crippen LogP) is 19.3. The fraction of sp³-hybridized carbons (Fsp3) is 0.942. The van der Waals surface area contributed by atoms with Crippen LogP contribution in [0.2, 0.25) is 0 Å². The summed E-state index contributed by atoms with van der Waals surface area (Å²) in [6.45, 7) is 14.0. The van der Waals surface area contributed by atoms with Crippen LogP contribution in [0.25, 0.3) is 0 Å². The zero-order valence-electron chi connectivity index (χ0n) is 57.3. The second-order valence-corrected chi connectivity index (χ2v) is 29.5. The van der Waals surface area contributed by atoms with Crippen LogP contribution in [-0.4, -0.2) is 96.7 Å². The van der Waals surface area contributed by atoms with Crippen LogP contribution in [0.4, 0.5) is 0 Å². The molecule has 0 aromatic rings. The molecule has 0 amide bonds. The molecular weight excluding hydrogens is 1160 g/mol. The largest absolute Gasteiger partial charge is 0.472 e. The number of carbonyl (C=O) groups is 4. The molecule has 0 saturated carbocycles. The smallest absolute Gasteiger partial charge is 0.462 e. The number of esters is 4. The number of rotatable bonds is 66. The Hall–Kier alpha value is -1.94. The summed E-state index contributed by atoms with van der Waals surface area (Å²) >= 11 is 0. The number of aliphatic hydroxyl groups excluding tert-OH is 1. The number of unbranched alkanes of at least 4 members (excludes halogenated alkanes) is 31. The average Bonchev–Trinajstić information content (AvgIpc) is 3.57. The molecule has 0 radical (unpaired) electrons. The molecular formula is C69H134O17P2. The van der Waals surface area contributed by atoms with E-state index in [0.29, 0.717) is 31.6 Å². The first-order valence-electron chi connectivity index (χ1n) is 35.7. The van der Waals surface area contributed by atoms with Crippen molar-refractivity contribution in [2.45, 2.75) is 356 Å². The molecule has 6 atom stereocenters. The highest BCUT2D eigenvalue weighted by atomic mass is 31.2. The van der Waals surface area contributed by atoms with Crippen molar-refractivity contribution < 1.29 is 80.2 Å². The van der Waals surface area contributed by atoms with Crippen molar-refractivity contribution in [1.82, 2.24) is 0 Å². The minimum atomic E-state index is -4.95. The molecule has 3 N–H and O–H groups in total. The Labute approximate surface area is 537 Å². The molecule has 522 valence electrons. The number of ether oxygens (including phenoxy) is 4. The monoisotopic (exact) mass is 1300 g/mol. The lowest BCUT2D eigenvalue weighted by Gasteiger charge is -2.21. The summed E-state index contributed by atoms with van der Waals surface area (Å²) < 4.78 is 68.2. The topological polar surface area (TPSA) is 237 Å². The third-order valence-corrected chi connectivity index (χ3v) is 18.1. The van der Waals surface area contributed by atoms with E-state index in [1.54, 1.807) is 0 Å². The normalized spacial score (nSPS) is 14.6. The maximum atomic E-state index is 13.0. The summed E-state index contributed by atoms with van der Waals surface area (Å²) in [6.07, 6.45) is 40.5. The lowest BCUT2D eigenvalue weighted by atomic mass is 9.99. The number of hydrogen-bond acceptors (Lipinski definition) is 15. The van der Waals surface area contributed by atoms with Gasteiger partial charge >= 0.3 is 39.5 Å². The summed E-state index contributed by atoms with van der Waals surface area (Å²) in [5, 5.41) is 10.6. The Kier molecular flexibility index (Phi) is 57.6. The van der Waals surface area contributed by atoms with E-state index in [-0.39, 0.29) is 25.7 Å². The molecule has 0 heterocycles. The van der Waals surface area contributed by atoms with Crippen molar-refractivity contribution in [3.05, 3.63) is 0 Å². The number of phosphoric acid groups is 2. The molecule has 88 heavy (non-hydrogen) atoms. The predicted molar refractivity (Wildman–Crippen MR) is 354 cm³/mol. The quantitative estimate of drug-likeness (QED) is 0.0222. The second kappa shape index (κ2) is 58.8. The zero-order valence-corrected chi connectivity index (χ0v) is 59.1. The van der Waals surface area contributed by atoms with Gasteiger partial charge in [0.2, 0.25) is 0 Å². The van der Waals surface area contributed by atoms with E-state index in [1.165, 1.54) is 135 Å². The van der Waals surface area contributed by atoms with Crippen molar-refractivity contribution in [3.63, 3.8) is 0 Å². The van der Waals surface area contributed by atoms with Crippen molar-refractivity contribution in [2.75, 3.05) is 39.6 Å². The Morgan fingerprint density at radius 2 is 0.545 bits per heavy atom. The summed E-state index contributed by atoms with van der Waals surface area (Å²) in [5.74, 6) is 0.823. The first-order chi connectivity index (χ1) is 42.1. The first kappa shape index (κ1) is 86.1. The Morgan fingerprint density at radius 1 is 0.318 bits per heavy atom. The molecule has 17 nitrogen and oxygen atoms in total. The summed E-state index contributed by atoms with van der Waals surface area (Å²) in [6, 6.07) is 0. The molecule has 0 saturated heterocycles. The van der Waals surface area contributed by atoms with Gasteiger partial charge in [-0.1, -0.05) is 287 Å². The second-order valence-electron chi connectivity index (χ2n) is 26.6. The Balaban J connectivity index is 5.23. The van der Waals surface area contributed by atoms with Crippen molar-refractivity contribution in [2.24, 2.45) is 23.7 Å². The van der Waals surface area contributed by atoms with Gasteiger partial charge in [0.15, 0.2) is 12.2 Å². The van der Waals surface area contributed by atoms with Gasteiger partial charge in [-0.25, -0.2) is 9.13 Å². The third-order valence-electron chi connectivity index (χ3n) is 16.2. The standard InChI is InChI=1S/C69H134O17P2/c1-9-62(8)48-40-32-23-18-20-26-36-44-52-69(74)86-65(56-80-67(72)50-42-34-28-27-31-39-47-61(6)7)58-84-88(77,78)82-54-63(70)53-81-87(75,76)83-57-64(85-68(73)51-43-35-25-19-17-22-30-38-46-60(4)5)55-79-66(71)49-41-33-24-16-14-12-10-11-13-15-21-29-37-45-59(2)3/h59-65,70H,9-58H2,1-8H3,(H,75,76)(H,77,78)/t62?,63-,64-,65-/m1/s1. The fourth-order valence-corrected chi connectivity index (χ4v) is 11.9. The van der Waals surface area contributed by atoms with Crippen LogP contribution in [0, 0.1) is 23.7 Å². The lowest BCUT2D eigenvalue weighted by molar-refractivity contribution is -0.161. The van der Waals surface area contributed by atoms with Gasteiger partial charge in [0, 0.05) is 25.7 Å². The zero-order chi connectivity index (χ0) is 65.4. The van der Waals surface area contributed by atoms with Crippen LogP contribution in [-0.2, 0) is 65.4 Å². The highest BCUT2D eigenvalue weighted by Gasteiger charge is 2.30. The molecule has 0 bridgehead atoms. The molecule has 0 rings (SSSR count). The van der Waals surface area contributed by atoms with Crippen LogP contribution in [0.5, 0.6) is 0 Å². The highest BCUT2D eigenvalue weighted by molar-refractivity contribution is 7.47. The van der Waals surface area contributed by atoms with E-state index < -0.39 is 97.5 Å². The minimum Gasteiger partial charge on any atom is -0.462 e. The van der Waals surface area contributed by atoms with Crippen LogP contribution in [0.1, 0.15) is 338 Å². The van der Waals surface area contributed by atoms with Gasteiger partial charge in [-0.05, 0) is 49.4 Å². The van der Waals surface area contributed by atoms with Crippen LogP contribution >= 0.6 is 15.6 Å². The van der Waals surface area contributed by atoms with Gasteiger partial charge < -0.3 is 33.8 Å². The summed E-state index contributed by atoms with van der Waals surface area (Å²) in [5.41, 5.74) is 0. The third kappa shape index (κ3) is 61.6. The maximum Gasteiger partial charge on any atom is 0.472 e. The van der Waals surface area contributed by atoms with E-state index in [0.717, 1.165) is 114 Å². The van der Waals surface area contributed by atoms with E-state index in [4.69, 9.17) is 37.0 Å². The Bertz CT molecular complexity index is 1750. The van der Waals surface area contributed by atoms with Gasteiger partial charge in [-0.2, -0.15) is 0 Å². The molecule has 0 spiro atoms. The van der Waals surface area contributed by atoms with Gasteiger partial charge in [-0.3, -0.25) is 37.3 Å². The molecule has 0 aliphatic rings. The van der Waals surface area contributed by atoms with Crippen molar-refractivity contribution >= 4 is 39.5 Å². The minimum absolute atomic E-state index is 0.103. The molecule has 0 fully saturated rings.